The molecule has 3 rings (SSSR count). The molecule has 1 saturated carbocycles. The van der Waals surface area contributed by atoms with Gasteiger partial charge in [0.05, 0.1) is 18.6 Å². The van der Waals surface area contributed by atoms with E-state index in [1.807, 2.05) is 0 Å². The Morgan fingerprint density at radius 3 is 2.72 bits per heavy atom. The van der Waals surface area contributed by atoms with E-state index in [-0.39, 0.29) is 23.8 Å². The molecule has 3 unspecified atom stereocenters. The molecule has 0 radical (unpaired) electrons. The highest BCUT2D eigenvalue weighted by Crippen LogP contribution is 2.39. The molecule has 0 spiro atoms. The highest BCUT2D eigenvalue weighted by Gasteiger charge is 2.40. The summed E-state index contributed by atoms with van der Waals surface area (Å²) in [5.41, 5.74) is -0.147. The zero-order chi connectivity index (χ0) is 12.6. The maximum absolute atomic E-state index is 12.1. The van der Waals surface area contributed by atoms with Crippen LogP contribution in [0.1, 0.15) is 51.9 Å². The average Bonchev–Trinajstić information content (AvgIpc) is 3.04. The van der Waals surface area contributed by atoms with Crippen LogP contribution in [0, 0.1) is 5.92 Å². The van der Waals surface area contributed by atoms with Gasteiger partial charge in [0, 0.05) is 5.92 Å². The average molecular weight is 250 g/mol. The number of hydrogen-bond donors (Lipinski definition) is 0. The van der Waals surface area contributed by atoms with Gasteiger partial charge in [0.25, 0.3) is 0 Å². The van der Waals surface area contributed by atoms with E-state index in [4.69, 9.17) is 9.47 Å². The van der Waals surface area contributed by atoms with Crippen molar-refractivity contribution in [2.75, 3.05) is 0 Å². The first-order valence-corrected chi connectivity index (χ1v) is 7.26. The Kier molecular flexibility index (Phi) is 3.18. The van der Waals surface area contributed by atoms with Crippen LogP contribution < -0.4 is 0 Å². The second-order valence-electron chi connectivity index (χ2n) is 5.94. The molecule has 2 bridgehead atoms. The van der Waals surface area contributed by atoms with Crippen molar-refractivity contribution in [3.63, 3.8) is 0 Å². The fourth-order valence-electron chi connectivity index (χ4n) is 3.60. The van der Waals surface area contributed by atoms with Gasteiger partial charge in [-0.1, -0.05) is 19.1 Å². The summed E-state index contributed by atoms with van der Waals surface area (Å²) in [7, 11) is 0. The quantitative estimate of drug-likeness (QED) is 0.568. The Morgan fingerprint density at radius 1 is 1.39 bits per heavy atom. The van der Waals surface area contributed by atoms with Gasteiger partial charge in [-0.25, -0.2) is 0 Å². The predicted molar refractivity (Wildman–Crippen MR) is 68.1 cm³/mol. The Balaban J connectivity index is 1.54. The number of fused-ring (bicyclic) bond motifs is 2. The van der Waals surface area contributed by atoms with Crippen LogP contribution in [0.15, 0.2) is 12.2 Å². The third-order valence-electron chi connectivity index (χ3n) is 4.77. The molecule has 1 aliphatic carbocycles. The van der Waals surface area contributed by atoms with Crippen LogP contribution in [0.25, 0.3) is 0 Å². The van der Waals surface area contributed by atoms with Crippen molar-refractivity contribution in [3.05, 3.63) is 12.2 Å². The van der Waals surface area contributed by atoms with Crippen molar-refractivity contribution in [2.24, 2.45) is 5.92 Å². The lowest BCUT2D eigenvalue weighted by atomic mass is 9.91. The molecule has 1 saturated heterocycles. The first kappa shape index (κ1) is 12.2. The van der Waals surface area contributed by atoms with Gasteiger partial charge in [-0.15, -0.1) is 0 Å². The van der Waals surface area contributed by atoms with Crippen molar-refractivity contribution < 1.29 is 14.3 Å². The highest BCUT2D eigenvalue weighted by atomic mass is 16.6. The minimum absolute atomic E-state index is 0.0201. The molecule has 18 heavy (non-hydrogen) atoms. The monoisotopic (exact) mass is 250 g/mol. The van der Waals surface area contributed by atoms with E-state index in [2.05, 4.69) is 19.1 Å². The van der Waals surface area contributed by atoms with E-state index in [0.717, 1.165) is 25.7 Å². The lowest BCUT2D eigenvalue weighted by Gasteiger charge is -2.28. The van der Waals surface area contributed by atoms with E-state index in [1.165, 1.54) is 12.8 Å². The van der Waals surface area contributed by atoms with E-state index < -0.39 is 0 Å². The molecular formula is C15H22O3. The summed E-state index contributed by atoms with van der Waals surface area (Å²) in [5.74, 6) is 0.316. The Morgan fingerprint density at radius 2 is 2.17 bits per heavy atom. The summed E-state index contributed by atoms with van der Waals surface area (Å²) in [6, 6.07) is 0. The molecule has 3 atom stereocenters. The zero-order valence-corrected chi connectivity index (χ0v) is 11.1. The predicted octanol–water partition coefficient (Wildman–Crippen LogP) is 2.99. The molecule has 0 aromatic carbocycles. The van der Waals surface area contributed by atoms with Gasteiger partial charge in [-0.2, -0.15) is 0 Å². The largest absolute Gasteiger partial charge is 0.459 e. The number of ether oxygens (including phenoxy) is 2. The van der Waals surface area contributed by atoms with E-state index >= 15 is 0 Å². The van der Waals surface area contributed by atoms with Gasteiger partial charge in [-0.05, 0) is 38.5 Å². The lowest BCUT2D eigenvalue weighted by molar-refractivity contribution is -0.161. The van der Waals surface area contributed by atoms with Crippen LogP contribution >= 0.6 is 0 Å². The fourth-order valence-corrected chi connectivity index (χ4v) is 3.60. The van der Waals surface area contributed by atoms with E-state index in [1.54, 1.807) is 0 Å². The molecule has 0 aromatic rings. The summed E-state index contributed by atoms with van der Waals surface area (Å²) in [4.78, 5) is 12.1. The summed E-state index contributed by atoms with van der Waals surface area (Å²) in [6.07, 6.45) is 11.5. The molecule has 3 aliphatic rings. The standard InChI is InChI=1S/C15H22O3/c1-2-15(7-3-4-8-15)18-14(16)10-11-9-12-5-6-13(11)17-12/h5-6,11-13H,2-4,7-10H2,1H3. The third kappa shape index (κ3) is 2.20. The van der Waals surface area contributed by atoms with Crippen molar-refractivity contribution >= 4 is 5.97 Å². The number of rotatable bonds is 4. The van der Waals surface area contributed by atoms with E-state index in [9.17, 15) is 4.79 Å². The molecule has 3 nitrogen and oxygen atoms in total. The van der Waals surface area contributed by atoms with Crippen molar-refractivity contribution in [3.8, 4) is 0 Å². The Hall–Kier alpha value is -0.830. The lowest BCUT2D eigenvalue weighted by Crippen LogP contribution is -2.32. The highest BCUT2D eigenvalue weighted by molar-refractivity contribution is 5.70. The topological polar surface area (TPSA) is 35.5 Å². The van der Waals surface area contributed by atoms with Crippen LogP contribution in [0.5, 0.6) is 0 Å². The van der Waals surface area contributed by atoms with Crippen LogP contribution in [0.3, 0.4) is 0 Å². The zero-order valence-electron chi connectivity index (χ0n) is 11.1. The molecule has 0 N–H and O–H groups in total. The molecule has 2 heterocycles. The first-order chi connectivity index (χ1) is 8.71. The number of hydrogen-bond acceptors (Lipinski definition) is 3. The molecule has 0 amide bonds. The van der Waals surface area contributed by atoms with Gasteiger partial charge in [0.1, 0.15) is 5.60 Å². The van der Waals surface area contributed by atoms with E-state index in [0.29, 0.717) is 12.3 Å². The van der Waals surface area contributed by atoms with Crippen LogP contribution in [-0.4, -0.2) is 23.8 Å². The van der Waals surface area contributed by atoms with Gasteiger partial charge in [0.15, 0.2) is 0 Å². The van der Waals surface area contributed by atoms with Crippen molar-refractivity contribution in [1.29, 1.82) is 0 Å². The minimum Gasteiger partial charge on any atom is -0.459 e. The van der Waals surface area contributed by atoms with Crippen molar-refractivity contribution in [2.45, 2.75) is 69.7 Å². The van der Waals surface area contributed by atoms with Gasteiger partial charge < -0.3 is 9.47 Å². The summed E-state index contributed by atoms with van der Waals surface area (Å²) < 4.78 is 11.5. The molecule has 100 valence electrons. The maximum atomic E-state index is 12.1. The fraction of sp³-hybridized carbons (Fsp3) is 0.800. The van der Waals surface area contributed by atoms with Crippen LogP contribution in [0.4, 0.5) is 0 Å². The van der Waals surface area contributed by atoms with Gasteiger partial charge >= 0.3 is 5.97 Å². The second kappa shape index (κ2) is 4.69. The summed E-state index contributed by atoms with van der Waals surface area (Å²) in [6.45, 7) is 2.13. The number of esters is 1. The molecule has 2 fully saturated rings. The minimum atomic E-state index is -0.147. The third-order valence-corrected chi connectivity index (χ3v) is 4.77. The van der Waals surface area contributed by atoms with Crippen molar-refractivity contribution in [1.82, 2.24) is 0 Å². The van der Waals surface area contributed by atoms with Crippen LogP contribution in [-0.2, 0) is 14.3 Å². The first-order valence-electron chi connectivity index (χ1n) is 7.26. The SMILES string of the molecule is CCC1(OC(=O)CC2CC3C=CC2O3)CCCC1. The van der Waals surface area contributed by atoms with Gasteiger partial charge in [0.2, 0.25) is 0 Å². The Bertz CT molecular complexity index is 355. The summed E-state index contributed by atoms with van der Waals surface area (Å²) >= 11 is 0. The molecular weight excluding hydrogens is 228 g/mol. The molecule has 2 aliphatic heterocycles. The molecule has 0 aromatic heterocycles. The smallest absolute Gasteiger partial charge is 0.306 e. The summed E-state index contributed by atoms with van der Waals surface area (Å²) in [5, 5.41) is 0. The number of carbonyl (C=O) groups is 1. The number of carbonyl (C=O) groups excluding carboxylic acids is 1. The normalized spacial score (nSPS) is 36.2. The van der Waals surface area contributed by atoms with Crippen LogP contribution in [0.2, 0.25) is 0 Å². The molecule has 3 heteroatoms. The van der Waals surface area contributed by atoms with Gasteiger partial charge in [-0.3, -0.25) is 4.79 Å². The Labute approximate surface area is 109 Å². The second-order valence-corrected chi connectivity index (χ2v) is 5.94. The maximum Gasteiger partial charge on any atom is 0.306 e.